The maximum atomic E-state index is 12.5. The molecule has 0 atom stereocenters. The molecule has 0 bridgehead atoms. The van der Waals surface area contributed by atoms with Crippen LogP contribution in [0.4, 0.5) is 0 Å². The predicted octanol–water partition coefficient (Wildman–Crippen LogP) is 3.14. The highest BCUT2D eigenvalue weighted by atomic mass is 32.1. The molecule has 1 amide bonds. The van der Waals surface area contributed by atoms with E-state index in [2.05, 4.69) is 10.1 Å². The Kier molecular flexibility index (Phi) is 5.68. The van der Waals surface area contributed by atoms with E-state index < -0.39 is 0 Å². The Morgan fingerprint density at radius 2 is 2.15 bits per heavy atom. The number of benzene rings is 1. The van der Waals surface area contributed by atoms with Crippen molar-refractivity contribution in [2.24, 2.45) is 7.05 Å². The van der Waals surface area contributed by atoms with E-state index >= 15 is 0 Å². The van der Waals surface area contributed by atoms with Gasteiger partial charge in [0.1, 0.15) is 10.8 Å². The Bertz CT molecular complexity index is 887. The van der Waals surface area contributed by atoms with Crippen LogP contribution >= 0.6 is 11.3 Å². The minimum atomic E-state index is 0.0313. The van der Waals surface area contributed by atoms with Crippen LogP contribution in [0.15, 0.2) is 42.0 Å². The van der Waals surface area contributed by atoms with Gasteiger partial charge in [-0.15, -0.1) is 11.3 Å². The van der Waals surface area contributed by atoms with Gasteiger partial charge < -0.3 is 9.64 Å². The van der Waals surface area contributed by atoms with Crippen molar-refractivity contribution in [1.82, 2.24) is 19.7 Å². The summed E-state index contributed by atoms with van der Waals surface area (Å²) in [5.41, 5.74) is 2.74. The fourth-order valence-corrected chi connectivity index (χ4v) is 3.49. The molecule has 3 aromatic rings. The van der Waals surface area contributed by atoms with E-state index in [0.29, 0.717) is 13.2 Å². The third-order valence-electron chi connectivity index (χ3n) is 3.91. The van der Waals surface area contributed by atoms with E-state index in [-0.39, 0.29) is 12.3 Å². The molecule has 0 saturated carbocycles. The van der Waals surface area contributed by atoms with Crippen LogP contribution in [-0.2, 0) is 24.8 Å². The smallest absolute Gasteiger partial charge is 0.228 e. The minimum Gasteiger partial charge on any atom is -0.493 e. The van der Waals surface area contributed by atoms with E-state index in [9.17, 15) is 4.79 Å². The molecule has 0 aliphatic rings. The predicted molar refractivity (Wildman–Crippen MR) is 102 cm³/mol. The number of carbonyl (C=O) groups is 1. The van der Waals surface area contributed by atoms with Crippen LogP contribution in [0.1, 0.15) is 18.2 Å². The lowest BCUT2D eigenvalue weighted by molar-refractivity contribution is -0.129. The normalized spacial score (nSPS) is 10.7. The molecule has 0 aliphatic heterocycles. The number of carbonyl (C=O) groups excluding carboxylic acids is 1. The van der Waals surface area contributed by atoms with Crippen LogP contribution in [0.2, 0.25) is 0 Å². The first-order valence-electron chi connectivity index (χ1n) is 8.45. The van der Waals surface area contributed by atoms with Crippen molar-refractivity contribution in [3.63, 3.8) is 0 Å². The summed E-state index contributed by atoms with van der Waals surface area (Å²) in [6, 6.07) is 7.84. The van der Waals surface area contributed by atoms with Gasteiger partial charge in [0.2, 0.25) is 5.91 Å². The largest absolute Gasteiger partial charge is 0.493 e. The number of amides is 1. The molecule has 2 aromatic heterocycles. The van der Waals surface area contributed by atoms with Gasteiger partial charge in [-0.05, 0) is 19.1 Å². The number of aryl methyl sites for hydroxylation is 1. The molecule has 0 N–H and O–H groups in total. The average Bonchev–Trinajstić information content (AvgIpc) is 3.25. The Balaban J connectivity index is 1.67. The Morgan fingerprint density at radius 3 is 2.88 bits per heavy atom. The van der Waals surface area contributed by atoms with Gasteiger partial charge in [-0.25, -0.2) is 4.98 Å². The quantitative estimate of drug-likeness (QED) is 0.641. The highest BCUT2D eigenvalue weighted by Crippen LogP contribution is 2.32. The number of thiazole rings is 1. The SMILES string of the molecule is CCOc1ccccc1-c1nc(CC(=O)N(C)Cc2cnn(C)c2)cs1. The molecule has 0 unspecified atom stereocenters. The van der Waals surface area contributed by atoms with Crippen LogP contribution < -0.4 is 4.74 Å². The Morgan fingerprint density at radius 1 is 1.35 bits per heavy atom. The number of nitrogens with zero attached hydrogens (tertiary/aromatic N) is 4. The van der Waals surface area contributed by atoms with Crippen LogP contribution in [0, 0.1) is 0 Å². The van der Waals surface area contributed by atoms with Crippen molar-refractivity contribution in [2.75, 3.05) is 13.7 Å². The van der Waals surface area contributed by atoms with Gasteiger partial charge in [0, 0.05) is 37.8 Å². The lowest BCUT2D eigenvalue weighted by Gasteiger charge is -2.15. The Hall–Kier alpha value is -2.67. The Labute approximate surface area is 157 Å². The summed E-state index contributed by atoms with van der Waals surface area (Å²) in [6.07, 6.45) is 3.97. The molecular formula is C19H22N4O2S. The lowest BCUT2D eigenvalue weighted by atomic mass is 10.2. The number of likely N-dealkylation sites (N-methyl/N-ethyl adjacent to an activating group) is 1. The molecule has 0 spiro atoms. The van der Waals surface area contributed by atoms with E-state index in [1.807, 2.05) is 49.8 Å². The van der Waals surface area contributed by atoms with Crippen molar-refractivity contribution < 1.29 is 9.53 Å². The maximum absolute atomic E-state index is 12.5. The van der Waals surface area contributed by atoms with Crippen molar-refractivity contribution in [1.29, 1.82) is 0 Å². The van der Waals surface area contributed by atoms with E-state index in [0.717, 1.165) is 27.6 Å². The van der Waals surface area contributed by atoms with E-state index in [1.165, 1.54) is 11.3 Å². The van der Waals surface area contributed by atoms with E-state index in [1.54, 1.807) is 22.8 Å². The molecule has 0 radical (unpaired) electrons. The fraction of sp³-hybridized carbons (Fsp3) is 0.316. The number of aromatic nitrogens is 3. The summed E-state index contributed by atoms with van der Waals surface area (Å²) < 4.78 is 7.40. The summed E-state index contributed by atoms with van der Waals surface area (Å²) in [6.45, 7) is 3.10. The minimum absolute atomic E-state index is 0.0313. The van der Waals surface area contributed by atoms with Gasteiger partial charge in [-0.3, -0.25) is 9.48 Å². The number of hydrogen-bond acceptors (Lipinski definition) is 5. The van der Waals surface area contributed by atoms with Crippen LogP contribution in [0.5, 0.6) is 5.75 Å². The van der Waals surface area contributed by atoms with Gasteiger partial charge in [0.05, 0.1) is 30.5 Å². The van der Waals surface area contributed by atoms with Gasteiger partial charge in [0.25, 0.3) is 0 Å². The summed E-state index contributed by atoms with van der Waals surface area (Å²) in [5.74, 6) is 0.847. The van der Waals surface area contributed by atoms with Gasteiger partial charge >= 0.3 is 0 Å². The first-order chi connectivity index (χ1) is 12.6. The maximum Gasteiger partial charge on any atom is 0.228 e. The lowest BCUT2D eigenvalue weighted by Crippen LogP contribution is -2.27. The van der Waals surface area contributed by atoms with Crippen molar-refractivity contribution >= 4 is 17.2 Å². The zero-order valence-corrected chi connectivity index (χ0v) is 16.0. The number of para-hydroxylation sites is 1. The molecule has 0 saturated heterocycles. The average molecular weight is 370 g/mol. The van der Waals surface area contributed by atoms with Crippen molar-refractivity contribution in [2.45, 2.75) is 19.9 Å². The van der Waals surface area contributed by atoms with Crippen LogP contribution in [-0.4, -0.2) is 39.2 Å². The summed E-state index contributed by atoms with van der Waals surface area (Å²) in [4.78, 5) is 18.8. The topological polar surface area (TPSA) is 60.2 Å². The highest BCUT2D eigenvalue weighted by Gasteiger charge is 2.15. The zero-order chi connectivity index (χ0) is 18.5. The van der Waals surface area contributed by atoms with Gasteiger partial charge in [-0.1, -0.05) is 12.1 Å². The molecule has 0 fully saturated rings. The second-order valence-electron chi connectivity index (χ2n) is 6.02. The molecule has 1 aromatic carbocycles. The number of hydrogen-bond donors (Lipinski definition) is 0. The van der Waals surface area contributed by atoms with Crippen molar-refractivity contribution in [3.05, 3.63) is 53.3 Å². The van der Waals surface area contributed by atoms with Crippen molar-refractivity contribution in [3.8, 4) is 16.3 Å². The van der Waals surface area contributed by atoms with Gasteiger partial charge in [-0.2, -0.15) is 5.10 Å². The molecule has 7 heteroatoms. The zero-order valence-electron chi connectivity index (χ0n) is 15.2. The standard InChI is InChI=1S/C19H22N4O2S/c1-4-25-17-8-6-5-7-16(17)19-21-15(13-26-19)9-18(24)22(2)11-14-10-20-23(3)12-14/h5-8,10,12-13H,4,9,11H2,1-3H3. The third-order valence-corrected chi connectivity index (χ3v) is 4.83. The molecule has 26 heavy (non-hydrogen) atoms. The van der Waals surface area contributed by atoms with Crippen LogP contribution in [0.3, 0.4) is 0 Å². The second kappa shape index (κ2) is 8.14. The fourth-order valence-electron chi connectivity index (χ4n) is 2.64. The highest BCUT2D eigenvalue weighted by molar-refractivity contribution is 7.13. The molecule has 6 nitrogen and oxygen atoms in total. The molecule has 2 heterocycles. The summed E-state index contributed by atoms with van der Waals surface area (Å²) in [5, 5.41) is 6.94. The van der Waals surface area contributed by atoms with E-state index in [4.69, 9.17) is 4.74 Å². The summed E-state index contributed by atoms with van der Waals surface area (Å²) >= 11 is 1.53. The molecular weight excluding hydrogens is 348 g/mol. The monoisotopic (exact) mass is 370 g/mol. The number of ether oxygens (including phenoxy) is 1. The summed E-state index contributed by atoms with van der Waals surface area (Å²) in [7, 11) is 3.66. The third kappa shape index (κ3) is 4.29. The van der Waals surface area contributed by atoms with Crippen LogP contribution in [0.25, 0.3) is 10.6 Å². The second-order valence-corrected chi connectivity index (χ2v) is 6.88. The number of rotatable bonds is 7. The van der Waals surface area contributed by atoms with Gasteiger partial charge in [0.15, 0.2) is 0 Å². The first kappa shape index (κ1) is 18.1. The first-order valence-corrected chi connectivity index (χ1v) is 9.33. The molecule has 3 rings (SSSR count). The molecule has 0 aliphatic carbocycles. The molecule has 136 valence electrons.